The van der Waals surface area contributed by atoms with Gasteiger partial charge in [0.2, 0.25) is 0 Å². The van der Waals surface area contributed by atoms with Gasteiger partial charge in [-0.2, -0.15) is 0 Å². The maximum atomic E-state index is 6.05. The van der Waals surface area contributed by atoms with Crippen LogP contribution in [0.3, 0.4) is 0 Å². The number of ether oxygens (including phenoxy) is 2. The van der Waals surface area contributed by atoms with Gasteiger partial charge in [-0.15, -0.1) is 11.8 Å². The molecular weight excluding hydrogens is 394 g/mol. The molecule has 2 aromatic rings. The number of benzene rings is 2. The number of rotatable bonds is 10. The van der Waals surface area contributed by atoms with Crippen LogP contribution in [-0.4, -0.2) is 44.1 Å². The highest BCUT2D eigenvalue weighted by Gasteiger charge is 2.14. The van der Waals surface area contributed by atoms with Gasteiger partial charge >= 0.3 is 0 Å². The van der Waals surface area contributed by atoms with Crippen molar-refractivity contribution in [1.82, 2.24) is 10.6 Å². The van der Waals surface area contributed by atoms with Crippen LogP contribution in [0.1, 0.15) is 30.9 Å². The second kappa shape index (κ2) is 13.3. The number of nitrogens with one attached hydrogen (secondary N) is 2. The molecular formula is C24H33N3O2S. The van der Waals surface area contributed by atoms with Crippen LogP contribution in [-0.2, 0) is 22.6 Å². The minimum absolute atomic E-state index is 0.318. The fourth-order valence-corrected chi connectivity index (χ4v) is 4.03. The van der Waals surface area contributed by atoms with Crippen LogP contribution in [0.25, 0.3) is 0 Å². The first-order chi connectivity index (χ1) is 14.8. The van der Waals surface area contributed by atoms with Crippen LogP contribution in [0.4, 0.5) is 0 Å². The second-order valence-corrected chi connectivity index (χ2v) is 8.39. The lowest BCUT2D eigenvalue weighted by Crippen LogP contribution is -2.38. The van der Waals surface area contributed by atoms with Crippen molar-refractivity contribution in [3.63, 3.8) is 0 Å². The van der Waals surface area contributed by atoms with Crippen molar-refractivity contribution in [2.75, 3.05) is 32.1 Å². The molecule has 3 rings (SSSR count). The molecule has 30 heavy (non-hydrogen) atoms. The molecule has 0 unspecified atom stereocenters. The second-order valence-electron chi connectivity index (χ2n) is 7.23. The maximum Gasteiger partial charge on any atom is 0.191 e. The third-order valence-electron chi connectivity index (χ3n) is 4.82. The molecule has 162 valence electrons. The number of guanidine groups is 1. The van der Waals surface area contributed by atoms with Crippen LogP contribution >= 0.6 is 11.8 Å². The van der Waals surface area contributed by atoms with Gasteiger partial charge < -0.3 is 20.1 Å². The van der Waals surface area contributed by atoms with E-state index in [0.717, 1.165) is 50.9 Å². The van der Waals surface area contributed by atoms with E-state index in [9.17, 15) is 0 Å². The Morgan fingerprint density at radius 1 is 1.07 bits per heavy atom. The fraction of sp³-hybridized carbons (Fsp3) is 0.458. The summed E-state index contributed by atoms with van der Waals surface area (Å²) in [6.45, 7) is 6.71. The van der Waals surface area contributed by atoms with Crippen molar-refractivity contribution in [3.05, 3.63) is 65.7 Å². The summed E-state index contributed by atoms with van der Waals surface area (Å²) in [4.78, 5) is 6.04. The lowest BCUT2D eigenvalue weighted by atomic mass is 10.1. The Morgan fingerprint density at radius 3 is 2.67 bits per heavy atom. The molecule has 0 atom stereocenters. The number of hydrogen-bond donors (Lipinski definition) is 2. The maximum absolute atomic E-state index is 6.05. The van der Waals surface area contributed by atoms with E-state index in [1.807, 2.05) is 17.8 Å². The summed E-state index contributed by atoms with van der Waals surface area (Å²) in [5, 5.41) is 6.75. The third-order valence-corrected chi connectivity index (χ3v) is 5.83. The van der Waals surface area contributed by atoms with E-state index in [1.165, 1.54) is 16.0 Å². The molecule has 5 nitrogen and oxygen atoms in total. The Morgan fingerprint density at radius 2 is 1.87 bits per heavy atom. The summed E-state index contributed by atoms with van der Waals surface area (Å²) in [5.41, 5.74) is 2.39. The summed E-state index contributed by atoms with van der Waals surface area (Å²) in [6.07, 6.45) is 2.30. The Hall–Kier alpha value is -2.02. The Labute approximate surface area is 184 Å². The molecule has 1 saturated heterocycles. The third kappa shape index (κ3) is 8.38. The number of aliphatic imine (C=N–C) groups is 1. The van der Waals surface area contributed by atoms with E-state index in [0.29, 0.717) is 19.3 Å². The molecule has 0 aliphatic carbocycles. The van der Waals surface area contributed by atoms with Gasteiger partial charge in [-0.05, 0) is 43.0 Å². The smallest absolute Gasteiger partial charge is 0.191 e. The normalized spacial score (nSPS) is 15.2. The standard InChI is InChI=1S/C24H33N3O2S/c1-2-25-24(26-13-16-30-23-9-4-3-5-10-23)27-18-20-7-6-8-21(17-20)19-29-22-11-14-28-15-12-22/h3-10,17,22H,2,11-16,18-19H2,1H3,(H2,25,26,27). The van der Waals surface area contributed by atoms with Crippen molar-refractivity contribution in [1.29, 1.82) is 0 Å². The summed E-state index contributed by atoms with van der Waals surface area (Å²) in [7, 11) is 0. The van der Waals surface area contributed by atoms with Gasteiger partial charge in [-0.25, -0.2) is 4.99 Å². The molecule has 1 heterocycles. The topological polar surface area (TPSA) is 54.9 Å². The van der Waals surface area contributed by atoms with E-state index in [1.54, 1.807) is 0 Å². The largest absolute Gasteiger partial charge is 0.381 e. The first-order valence-electron chi connectivity index (χ1n) is 10.8. The van der Waals surface area contributed by atoms with Crippen LogP contribution in [0, 0.1) is 0 Å². The summed E-state index contributed by atoms with van der Waals surface area (Å²) < 4.78 is 11.4. The molecule has 6 heteroatoms. The van der Waals surface area contributed by atoms with Gasteiger partial charge in [-0.1, -0.05) is 42.5 Å². The number of hydrogen-bond acceptors (Lipinski definition) is 4. The SMILES string of the molecule is CCNC(=NCc1cccc(COC2CCOCC2)c1)NCCSc1ccccc1. The molecule has 2 aromatic carbocycles. The molecule has 1 fully saturated rings. The quantitative estimate of drug-likeness (QED) is 0.257. The zero-order valence-corrected chi connectivity index (χ0v) is 18.6. The molecule has 1 aliphatic heterocycles. The minimum Gasteiger partial charge on any atom is -0.381 e. The highest BCUT2D eigenvalue weighted by Crippen LogP contribution is 2.16. The molecule has 0 amide bonds. The Kier molecular flexibility index (Phi) is 10.1. The zero-order chi connectivity index (χ0) is 20.9. The fourth-order valence-electron chi connectivity index (χ4n) is 3.24. The lowest BCUT2D eigenvalue weighted by molar-refractivity contribution is -0.0390. The van der Waals surface area contributed by atoms with Gasteiger partial charge in [0.05, 0.1) is 19.3 Å². The summed E-state index contributed by atoms with van der Waals surface area (Å²) in [5.74, 6) is 1.85. The average Bonchev–Trinajstić information content (AvgIpc) is 2.80. The highest BCUT2D eigenvalue weighted by molar-refractivity contribution is 7.99. The molecule has 0 aromatic heterocycles. The van der Waals surface area contributed by atoms with Crippen molar-refractivity contribution in [3.8, 4) is 0 Å². The summed E-state index contributed by atoms with van der Waals surface area (Å²) >= 11 is 1.85. The van der Waals surface area contributed by atoms with Crippen LogP contribution < -0.4 is 10.6 Å². The first kappa shape index (κ1) is 22.7. The van der Waals surface area contributed by atoms with Gasteiger partial charge in [0.1, 0.15) is 0 Å². The van der Waals surface area contributed by atoms with E-state index in [4.69, 9.17) is 14.5 Å². The predicted octanol–water partition coefficient (Wildman–Crippen LogP) is 4.23. The molecule has 1 aliphatic rings. The van der Waals surface area contributed by atoms with E-state index in [2.05, 4.69) is 66.1 Å². The van der Waals surface area contributed by atoms with E-state index >= 15 is 0 Å². The van der Waals surface area contributed by atoms with Crippen LogP contribution in [0.2, 0.25) is 0 Å². The monoisotopic (exact) mass is 427 g/mol. The van der Waals surface area contributed by atoms with Gasteiger partial charge in [-0.3, -0.25) is 0 Å². The van der Waals surface area contributed by atoms with Crippen molar-refractivity contribution < 1.29 is 9.47 Å². The summed E-state index contributed by atoms with van der Waals surface area (Å²) in [6, 6.07) is 19.0. The molecule has 0 spiro atoms. The van der Waals surface area contributed by atoms with Gasteiger partial charge in [0.25, 0.3) is 0 Å². The number of thioether (sulfide) groups is 1. The minimum atomic E-state index is 0.318. The first-order valence-corrected chi connectivity index (χ1v) is 11.8. The molecule has 2 N–H and O–H groups in total. The number of nitrogens with zero attached hydrogens (tertiary/aromatic N) is 1. The van der Waals surface area contributed by atoms with Crippen LogP contribution in [0.15, 0.2) is 64.5 Å². The van der Waals surface area contributed by atoms with E-state index < -0.39 is 0 Å². The highest BCUT2D eigenvalue weighted by atomic mass is 32.2. The Balaban J connectivity index is 1.44. The average molecular weight is 428 g/mol. The molecule has 0 saturated carbocycles. The van der Waals surface area contributed by atoms with Crippen molar-refractivity contribution >= 4 is 17.7 Å². The van der Waals surface area contributed by atoms with Crippen molar-refractivity contribution in [2.24, 2.45) is 4.99 Å². The predicted molar refractivity (Wildman–Crippen MR) is 125 cm³/mol. The molecule has 0 radical (unpaired) electrons. The lowest BCUT2D eigenvalue weighted by Gasteiger charge is -2.22. The van der Waals surface area contributed by atoms with Gasteiger partial charge in [0.15, 0.2) is 5.96 Å². The molecule has 0 bridgehead atoms. The zero-order valence-electron chi connectivity index (χ0n) is 17.8. The van der Waals surface area contributed by atoms with Gasteiger partial charge in [0, 0.05) is 37.0 Å². The van der Waals surface area contributed by atoms with Crippen LogP contribution in [0.5, 0.6) is 0 Å². The van der Waals surface area contributed by atoms with Crippen molar-refractivity contribution in [2.45, 2.75) is 43.9 Å². The Bertz CT molecular complexity index is 764. The van der Waals surface area contributed by atoms with E-state index in [-0.39, 0.29) is 0 Å².